The van der Waals surface area contributed by atoms with Crippen LogP contribution in [0.25, 0.3) is 0 Å². The van der Waals surface area contributed by atoms with Gasteiger partial charge in [-0.25, -0.2) is 4.79 Å². The lowest BCUT2D eigenvalue weighted by Gasteiger charge is -2.29. The van der Waals surface area contributed by atoms with Crippen LogP contribution in [0.1, 0.15) is 59.3 Å². The Morgan fingerprint density at radius 2 is 1.75 bits per heavy atom. The zero-order chi connectivity index (χ0) is 15.2. The number of carbonyl (C=O) groups is 2. The number of methoxy groups -OCH3 is 1. The number of hydrogen-bond acceptors (Lipinski definition) is 4. The molecule has 1 N–H and O–H groups in total. The molecule has 0 atom stereocenters. The first-order valence-corrected chi connectivity index (χ1v) is 7.36. The third-order valence-corrected chi connectivity index (χ3v) is 3.55. The second-order valence-electron chi connectivity index (χ2n) is 6.48. The number of ether oxygens (including phenoxy) is 2. The third kappa shape index (κ3) is 6.78. The molecule has 0 saturated heterocycles. The summed E-state index contributed by atoms with van der Waals surface area (Å²) in [5, 5.41) is 2.92. The van der Waals surface area contributed by atoms with Crippen LogP contribution in [0.2, 0.25) is 0 Å². The molecule has 0 unspecified atom stereocenters. The van der Waals surface area contributed by atoms with Gasteiger partial charge in [0.15, 0.2) is 0 Å². The van der Waals surface area contributed by atoms with Crippen molar-refractivity contribution in [3.8, 4) is 0 Å². The van der Waals surface area contributed by atoms with E-state index in [4.69, 9.17) is 4.74 Å². The van der Waals surface area contributed by atoms with Crippen molar-refractivity contribution in [3.63, 3.8) is 0 Å². The third-order valence-electron chi connectivity index (χ3n) is 3.55. The molecule has 1 saturated carbocycles. The fourth-order valence-electron chi connectivity index (χ4n) is 2.49. The van der Waals surface area contributed by atoms with Gasteiger partial charge >= 0.3 is 12.1 Å². The minimum Gasteiger partial charge on any atom is -0.469 e. The largest absolute Gasteiger partial charge is 0.469 e. The van der Waals surface area contributed by atoms with E-state index in [1.807, 2.05) is 20.8 Å². The molecule has 20 heavy (non-hydrogen) atoms. The summed E-state index contributed by atoms with van der Waals surface area (Å²) in [5.41, 5.74) is -0.457. The van der Waals surface area contributed by atoms with Crippen molar-refractivity contribution in [3.05, 3.63) is 0 Å². The van der Waals surface area contributed by atoms with Crippen LogP contribution in [0.4, 0.5) is 4.79 Å². The maximum Gasteiger partial charge on any atom is 0.407 e. The molecule has 0 aromatic rings. The number of hydrogen-bond donors (Lipinski definition) is 1. The highest BCUT2D eigenvalue weighted by Crippen LogP contribution is 2.28. The van der Waals surface area contributed by atoms with Crippen molar-refractivity contribution in [1.29, 1.82) is 0 Å². The van der Waals surface area contributed by atoms with Crippen molar-refractivity contribution >= 4 is 12.1 Å². The summed E-state index contributed by atoms with van der Waals surface area (Å²) in [4.78, 5) is 22.8. The normalized spacial score (nSPS) is 23.0. The minimum atomic E-state index is -0.457. The Labute approximate surface area is 121 Å². The first-order valence-electron chi connectivity index (χ1n) is 7.36. The Balaban J connectivity index is 2.22. The molecule has 5 nitrogen and oxygen atoms in total. The van der Waals surface area contributed by atoms with Crippen molar-refractivity contribution < 1.29 is 19.1 Å². The van der Waals surface area contributed by atoms with Crippen LogP contribution in [0.5, 0.6) is 0 Å². The second kappa shape index (κ2) is 7.50. The van der Waals surface area contributed by atoms with Crippen LogP contribution in [0, 0.1) is 5.92 Å². The number of alkyl carbamates (subject to hydrolysis) is 1. The molecule has 1 fully saturated rings. The highest BCUT2D eigenvalue weighted by atomic mass is 16.6. The Morgan fingerprint density at radius 3 is 2.25 bits per heavy atom. The molecule has 1 rings (SSSR count). The van der Waals surface area contributed by atoms with Crippen LogP contribution in [-0.4, -0.2) is 30.8 Å². The standard InChI is InChI=1S/C15H27NO4/c1-15(2,3)20-14(18)16-12-8-5-11(6-9-12)7-10-13(17)19-4/h11-12H,5-10H2,1-4H3,(H,16,18). The number of amides is 1. The van der Waals surface area contributed by atoms with E-state index in [1.54, 1.807) is 0 Å². The summed E-state index contributed by atoms with van der Waals surface area (Å²) in [6.45, 7) is 5.57. The Morgan fingerprint density at radius 1 is 1.15 bits per heavy atom. The van der Waals surface area contributed by atoms with Gasteiger partial charge < -0.3 is 14.8 Å². The van der Waals surface area contributed by atoms with Gasteiger partial charge in [-0.2, -0.15) is 0 Å². The van der Waals surface area contributed by atoms with Crippen molar-refractivity contribution in [2.45, 2.75) is 70.9 Å². The molecular formula is C15H27NO4. The SMILES string of the molecule is COC(=O)CCC1CCC(NC(=O)OC(C)(C)C)CC1. The molecule has 0 spiro atoms. The quantitative estimate of drug-likeness (QED) is 0.806. The van der Waals surface area contributed by atoms with E-state index in [1.165, 1.54) is 7.11 Å². The van der Waals surface area contributed by atoms with Gasteiger partial charge in [0.25, 0.3) is 0 Å². The summed E-state index contributed by atoms with van der Waals surface area (Å²) in [6, 6.07) is 0.194. The van der Waals surface area contributed by atoms with Crippen LogP contribution >= 0.6 is 0 Å². The predicted molar refractivity (Wildman–Crippen MR) is 76.4 cm³/mol. The van der Waals surface area contributed by atoms with Crippen LogP contribution < -0.4 is 5.32 Å². The molecule has 1 amide bonds. The lowest BCUT2D eigenvalue weighted by Crippen LogP contribution is -2.40. The van der Waals surface area contributed by atoms with Gasteiger partial charge in [-0.15, -0.1) is 0 Å². The van der Waals surface area contributed by atoms with Crippen LogP contribution in [0.15, 0.2) is 0 Å². The summed E-state index contributed by atoms with van der Waals surface area (Å²) in [6.07, 6.45) is 5.01. The first kappa shape index (κ1) is 16.8. The Bertz CT molecular complexity index is 327. The number of rotatable bonds is 4. The summed E-state index contributed by atoms with van der Waals surface area (Å²) in [7, 11) is 1.42. The zero-order valence-corrected chi connectivity index (χ0v) is 13.0. The van der Waals surface area contributed by atoms with E-state index in [-0.39, 0.29) is 18.1 Å². The maximum atomic E-state index is 11.7. The fourth-order valence-corrected chi connectivity index (χ4v) is 2.49. The molecule has 0 aromatic carbocycles. The molecule has 0 aromatic heterocycles. The minimum absolute atomic E-state index is 0.140. The Hall–Kier alpha value is -1.26. The second-order valence-corrected chi connectivity index (χ2v) is 6.48. The molecule has 1 aliphatic carbocycles. The average molecular weight is 285 g/mol. The molecule has 116 valence electrons. The van der Waals surface area contributed by atoms with Crippen molar-refractivity contribution in [2.24, 2.45) is 5.92 Å². The van der Waals surface area contributed by atoms with E-state index in [0.717, 1.165) is 32.1 Å². The molecule has 0 aliphatic heterocycles. The van der Waals surface area contributed by atoms with Gasteiger partial charge in [-0.3, -0.25) is 4.79 Å². The Kier molecular flexibility index (Phi) is 6.30. The molecule has 1 aliphatic rings. The number of nitrogens with one attached hydrogen (secondary N) is 1. The van der Waals surface area contributed by atoms with Crippen LogP contribution in [-0.2, 0) is 14.3 Å². The summed E-state index contributed by atoms with van der Waals surface area (Å²) < 4.78 is 9.90. The smallest absolute Gasteiger partial charge is 0.407 e. The molecule has 0 radical (unpaired) electrons. The zero-order valence-electron chi connectivity index (χ0n) is 13.0. The number of esters is 1. The van der Waals surface area contributed by atoms with Crippen molar-refractivity contribution in [1.82, 2.24) is 5.32 Å². The van der Waals surface area contributed by atoms with Crippen molar-refractivity contribution in [2.75, 3.05) is 7.11 Å². The number of carbonyl (C=O) groups excluding carboxylic acids is 2. The monoisotopic (exact) mass is 285 g/mol. The lowest BCUT2D eigenvalue weighted by atomic mass is 9.83. The highest BCUT2D eigenvalue weighted by molar-refractivity contribution is 5.69. The van der Waals surface area contributed by atoms with E-state index >= 15 is 0 Å². The van der Waals surface area contributed by atoms with Gasteiger partial charge in [0.2, 0.25) is 0 Å². The first-order chi connectivity index (χ1) is 9.30. The van der Waals surface area contributed by atoms with E-state index < -0.39 is 5.60 Å². The van der Waals surface area contributed by atoms with E-state index in [9.17, 15) is 9.59 Å². The molecule has 5 heteroatoms. The topological polar surface area (TPSA) is 64.6 Å². The van der Waals surface area contributed by atoms with Gasteiger partial charge in [-0.05, 0) is 58.8 Å². The van der Waals surface area contributed by atoms with Gasteiger partial charge in [0.1, 0.15) is 5.60 Å². The van der Waals surface area contributed by atoms with Gasteiger partial charge in [-0.1, -0.05) is 0 Å². The molecule has 0 bridgehead atoms. The summed E-state index contributed by atoms with van der Waals surface area (Å²) in [5.74, 6) is 0.421. The van der Waals surface area contributed by atoms with Gasteiger partial charge in [0.05, 0.1) is 7.11 Å². The van der Waals surface area contributed by atoms with Gasteiger partial charge in [0, 0.05) is 12.5 Å². The average Bonchev–Trinajstić information content (AvgIpc) is 2.35. The van der Waals surface area contributed by atoms with E-state index in [0.29, 0.717) is 12.3 Å². The highest BCUT2D eigenvalue weighted by Gasteiger charge is 2.24. The van der Waals surface area contributed by atoms with E-state index in [2.05, 4.69) is 10.1 Å². The lowest BCUT2D eigenvalue weighted by molar-refractivity contribution is -0.141. The maximum absolute atomic E-state index is 11.7. The molecular weight excluding hydrogens is 258 g/mol. The predicted octanol–water partition coefficient (Wildman–Crippen LogP) is 3.02. The van der Waals surface area contributed by atoms with Crippen LogP contribution in [0.3, 0.4) is 0 Å². The molecule has 0 heterocycles. The summed E-state index contributed by atoms with van der Waals surface area (Å²) >= 11 is 0. The fraction of sp³-hybridized carbons (Fsp3) is 0.867.